The molecule has 0 unspecified atom stereocenters. The quantitative estimate of drug-likeness (QED) is 0.375. The third-order valence-corrected chi connectivity index (χ3v) is 6.57. The Bertz CT molecular complexity index is 1090. The molecule has 0 saturated carbocycles. The summed E-state index contributed by atoms with van der Waals surface area (Å²) < 4.78 is 6.09. The van der Waals surface area contributed by atoms with Gasteiger partial charge in [0.15, 0.2) is 10.9 Å². The summed E-state index contributed by atoms with van der Waals surface area (Å²) in [6.07, 6.45) is 4.24. The Hall–Kier alpha value is -2.71. The summed E-state index contributed by atoms with van der Waals surface area (Å²) in [4.78, 5) is 13.2. The number of carbonyl (C=O) groups is 1. The molecule has 4 N–H and O–H groups in total. The smallest absolute Gasteiger partial charge is 0.287 e. The Morgan fingerprint density at radius 2 is 1.79 bits per heavy atom. The molecule has 0 spiro atoms. The zero-order valence-corrected chi connectivity index (χ0v) is 21.5. The van der Waals surface area contributed by atoms with Gasteiger partial charge in [-0.25, -0.2) is 0 Å². The second kappa shape index (κ2) is 9.50. The molecular weight excluding hydrogens is 446 g/mol. The van der Waals surface area contributed by atoms with Crippen molar-refractivity contribution in [1.29, 1.82) is 0 Å². The highest BCUT2D eigenvalue weighted by Gasteiger charge is 2.39. The first-order chi connectivity index (χ1) is 16.0. The molecule has 34 heavy (non-hydrogen) atoms. The van der Waals surface area contributed by atoms with Crippen molar-refractivity contribution in [2.75, 3.05) is 5.32 Å². The summed E-state index contributed by atoms with van der Waals surface area (Å²) >= 11 is 5.39. The molecule has 2 aromatic rings. The molecule has 7 nitrogen and oxygen atoms in total. The minimum Gasteiger partial charge on any atom is -0.455 e. The second-order valence-electron chi connectivity index (χ2n) is 10.7. The highest BCUT2D eigenvalue weighted by atomic mass is 32.1. The number of amides is 1. The number of fused-ring (bicyclic) bond motifs is 1. The molecule has 0 atom stereocenters. The molecule has 4 rings (SSSR count). The summed E-state index contributed by atoms with van der Waals surface area (Å²) in [5, 5.41) is 15.0. The van der Waals surface area contributed by atoms with E-state index < -0.39 is 0 Å². The van der Waals surface area contributed by atoms with Crippen molar-refractivity contribution < 1.29 is 9.21 Å². The highest BCUT2D eigenvalue weighted by Crippen LogP contribution is 2.32. The van der Waals surface area contributed by atoms with E-state index in [0.29, 0.717) is 10.9 Å². The lowest BCUT2D eigenvalue weighted by Crippen LogP contribution is -2.62. The normalized spacial score (nSPS) is 20.4. The summed E-state index contributed by atoms with van der Waals surface area (Å²) in [5.41, 5.74) is 6.38. The van der Waals surface area contributed by atoms with Crippen LogP contribution in [0.25, 0.3) is 0 Å². The predicted molar refractivity (Wildman–Crippen MR) is 141 cm³/mol. The van der Waals surface area contributed by atoms with E-state index in [1.54, 1.807) is 0 Å². The fourth-order valence-corrected chi connectivity index (χ4v) is 5.63. The van der Waals surface area contributed by atoms with Crippen LogP contribution in [0.15, 0.2) is 39.9 Å². The summed E-state index contributed by atoms with van der Waals surface area (Å²) in [6, 6.07) is 9.80. The Morgan fingerprint density at radius 1 is 1.12 bits per heavy atom. The van der Waals surface area contributed by atoms with E-state index in [1.807, 2.05) is 37.3 Å². The van der Waals surface area contributed by atoms with Gasteiger partial charge in [0.1, 0.15) is 5.76 Å². The number of aryl methyl sites for hydroxylation is 1. The van der Waals surface area contributed by atoms with Crippen molar-refractivity contribution in [3.05, 3.63) is 53.0 Å². The minimum absolute atomic E-state index is 0.0468. The van der Waals surface area contributed by atoms with Gasteiger partial charge in [-0.15, -0.1) is 0 Å². The maximum atomic E-state index is 13.2. The van der Waals surface area contributed by atoms with E-state index in [2.05, 4.69) is 54.2 Å². The molecule has 1 aromatic heterocycles. The number of para-hydroxylation sites is 1. The van der Waals surface area contributed by atoms with E-state index in [1.165, 1.54) is 0 Å². The zero-order chi connectivity index (χ0) is 24.5. The molecule has 1 aliphatic carbocycles. The molecular formula is C26H35N5O2S. The largest absolute Gasteiger partial charge is 0.455 e. The van der Waals surface area contributed by atoms with E-state index in [-0.39, 0.29) is 23.0 Å². The summed E-state index contributed by atoms with van der Waals surface area (Å²) in [5.74, 6) is 1.06. The first kappa shape index (κ1) is 24.4. The maximum Gasteiger partial charge on any atom is 0.287 e. The van der Waals surface area contributed by atoms with Gasteiger partial charge < -0.3 is 20.4 Å². The second-order valence-corrected chi connectivity index (χ2v) is 11.1. The number of nitrogens with one attached hydrogen (secondary N) is 4. The minimum atomic E-state index is -0.154. The van der Waals surface area contributed by atoms with Crippen molar-refractivity contribution in [2.45, 2.75) is 83.8 Å². The average molecular weight is 482 g/mol. The molecule has 8 heteroatoms. The Labute approximate surface area is 207 Å². The number of rotatable bonds is 4. The fourth-order valence-electron chi connectivity index (χ4n) is 5.47. The lowest BCUT2D eigenvalue weighted by Gasteiger charge is -2.46. The van der Waals surface area contributed by atoms with Crippen molar-refractivity contribution in [2.24, 2.45) is 5.10 Å². The molecule has 2 aliphatic rings. The molecule has 1 saturated heterocycles. The Morgan fingerprint density at radius 3 is 2.47 bits per heavy atom. The third kappa shape index (κ3) is 5.67. The monoisotopic (exact) mass is 481 g/mol. The van der Waals surface area contributed by atoms with Crippen LogP contribution in [-0.4, -0.2) is 33.9 Å². The first-order valence-electron chi connectivity index (χ1n) is 11.9. The van der Waals surface area contributed by atoms with Crippen molar-refractivity contribution in [3.8, 4) is 0 Å². The molecule has 1 aromatic carbocycles. The van der Waals surface area contributed by atoms with Crippen molar-refractivity contribution >= 4 is 34.6 Å². The van der Waals surface area contributed by atoms with Gasteiger partial charge in [0.05, 0.1) is 5.71 Å². The maximum absolute atomic E-state index is 13.2. The SMILES string of the molecule is Cc1c(C(=O)NC2CC(C)(C)NC(C)(C)C2)oc2c1/C(=N/NC(=S)Nc1ccccc1)CCC2. The Kier molecular flexibility index (Phi) is 6.82. The predicted octanol–water partition coefficient (Wildman–Crippen LogP) is 4.65. The third-order valence-electron chi connectivity index (χ3n) is 6.38. The zero-order valence-electron chi connectivity index (χ0n) is 20.7. The van der Waals surface area contributed by atoms with Crippen LogP contribution in [0.2, 0.25) is 0 Å². The van der Waals surface area contributed by atoms with Crippen molar-refractivity contribution in [1.82, 2.24) is 16.1 Å². The molecule has 2 heterocycles. The molecule has 1 aliphatic heterocycles. The van der Waals surface area contributed by atoms with Crippen molar-refractivity contribution in [3.63, 3.8) is 0 Å². The summed E-state index contributed by atoms with van der Waals surface area (Å²) in [7, 11) is 0. The van der Waals surface area contributed by atoms with Gasteiger partial charge in [0.25, 0.3) is 5.91 Å². The van der Waals surface area contributed by atoms with Gasteiger partial charge in [-0.1, -0.05) is 18.2 Å². The van der Waals surface area contributed by atoms with Gasteiger partial charge in [-0.05, 0) is 84.7 Å². The molecule has 0 bridgehead atoms. The molecule has 1 amide bonds. The number of anilines is 1. The topological polar surface area (TPSA) is 90.7 Å². The van der Waals surface area contributed by atoms with Crippen LogP contribution < -0.4 is 21.4 Å². The van der Waals surface area contributed by atoms with E-state index in [0.717, 1.165) is 60.4 Å². The van der Waals surface area contributed by atoms with E-state index in [9.17, 15) is 4.79 Å². The lowest BCUT2D eigenvalue weighted by molar-refractivity contribution is 0.0843. The summed E-state index contributed by atoms with van der Waals surface area (Å²) in [6.45, 7) is 10.6. The number of nitrogens with zero attached hydrogens (tertiary/aromatic N) is 1. The number of thiocarbonyl (C=S) groups is 1. The van der Waals surface area contributed by atoms with Crippen LogP contribution in [-0.2, 0) is 6.42 Å². The number of hydrazone groups is 1. The molecule has 0 radical (unpaired) electrons. The molecule has 182 valence electrons. The van der Waals surface area contributed by atoms with Gasteiger partial charge >= 0.3 is 0 Å². The van der Waals surface area contributed by atoms with Gasteiger partial charge in [0, 0.05) is 40.4 Å². The van der Waals surface area contributed by atoms with Crippen LogP contribution in [0.5, 0.6) is 0 Å². The fraction of sp³-hybridized carbons (Fsp3) is 0.500. The van der Waals surface area contributed by atoms with Crippen LogP contribution in [0.4, 0.5) is 5.69 Å². The van der Waals surface area contributed by atoms with Crippen LogP contribution >= 0.6 is 12.2 Å². The van der Waals surface area contributed by atoms with Crippen LogP contribution in [0.3, 0.4) is 0 Å². The number of hydrogen-bond acceptors (Lipinski definition) is 5. The van der Waals surface area contributed by atoms with E-state index >= 15 is 0 Å². The number of piperidine rings is 1. The van der Waals surface area contributed by atoms with E-state index in [4.69, 9.17) is 16.6 Å². The molecule has 1 fully saturated rings. The Balaban J connectivity index is 1.48. The van der Waals surface area contributed by atoms with Gasteiger partial charge in [0.2, 0.25) is 0 Å². The van der Waals surface area contributed by atoms with Gasteiger partial charge in [-0.2, -0.15) is 5.10 Å². The lowest BCUT2D eigenvalue weighted by atomic mass is 9.79. The van der Waals surface area contributed by atoms with Gasteiger partial charge in [-0.3, -0.25) is 10.2 Å². The number of furan rings is 1. The van der Waals surface area contributed by atoms with Crippen LogP contribution in [0, 0.1) is 6.92 Å². The standard InChI is InChI=1S/C26H35N5O2S/c1-16-21-19(29-30-24(34)28-17-10-7-6-8-11-17)12-9-13-20(21)33-22(16)23(32)27-18-14-25(2,3)31-26(4,5)15-18/h6-8,10-11,18,31H,9,12-15H2,1-5H3,(H,27,32)(H2,28,30,34)/b29-19+. The number of hydrogen-bond donors (Lipinski definition) is 4. The average Bonchev–Trinajstić information content (AvgIpc) is 3.08. The highest BCUT2D eigenvalue weighted by molar-refractivity contribution is 7.80. The number of carbonyl (C=O) groups excluding carboxylic acids is 1. The number of benzene rings is 1. The first-order valence-corrected chi connectivity index (χ1v) is 12.4. The van der Waals surface area contributed by atoms with Crippen LogP contribution in [0.1, 0.15) is 80.8 Å².